The molecule has 104 valence electrons. The van der Waals surface area contributed by atoms with Crippen LogP contribution in [0.25, 0.3) is 0 Å². The molecule has 3 heteroatoms. The van der Waals surface area contributed by atoms with Crippen LogP contribution >= 0.6 is 0 Å². The van der Waals surface area contributed by atoms with Crippen LogP contribution in [-0.4, -0.2) is 41.3 Å². The topological polar surface area (TPSA) is 32.7 Å². The van der Waals surface area contributed by atoms with Crippen LogP contribution in [0.15, 0.2) is 24.3 Å². The summed E-state index contributed by atoms with van der Waals surface area (Å²) in [6.45, 7) is 5.15. The summed E-state index contributed by atoms with van der Waals surface area (Å²) in [7, 11) is 0. The number of hydrogen-bond acceptors (Lipinski definition) is 3. The lowest BCUT2D eigenvalue weighted by Gasteiger charge is -2.28. The molecule has 0 aromatic heterocycles. The van der Waals surface area contributed by atoms with E-state index in [-0.39, 0.29) is 18.2 Å². The molecule has 3 nitrogen and oxygen atoms in total. The monoisotopic (exact) mass is 261 g/mol. The summed E-state index contributed by atoms with van der Waals surface area (Å²) in [5.41, 5.74) is 2.54. The minimum absolute atomic E-state index is 0.0257. The Hall–Kier alpha value is -0.900. The van der Waals surface area contributed by atoms with Gasteiger partial charge in [0.05, 0.1) is 19.3 Å². The van der Waals surface area contributed by atoms with E-state index in [1.165, 1.54) is 17.5 Å². The zero-order valence-electron chi connectivity index (χ0n) is 11.6. The number of benzene rings is 1. The third-order valence-corrected chi connectivity index (χ3v) is 4.67. The molecular formula is C16H23NO2. The van der Waals surface area contributed by atoms with Gasteiger partial charge in [0, 0.05) is 12.1 Å². The van der Waals surface area contributed by atoms with E-state index in [4.69, 9.17) is 4.74 Å². The second kappa shape index (κ2) is 5.23. The van der Waals surface area contributed by atoms with Crippen molar-refractivity contribution < 1.29 is 9.84 Å². The molecule has 0 bridgehead atoms. The van der Waals surface area contributed by atoms with Crippen LogP contribution in [0, 0.1) is 6.92 Å². The van der Waals surface area contributed by atoms with Gasteiger partial charge < -0.3 is 9.84 Å². The highest BCUT2D eigenvalue weighted by Gasteiger charge is 2.48. The van der Waals surface area contributed by atoms with Crippen LogP contribution in [-0.2, 0) is 11.3 Å². The molecule has 2 aliphatic rings. The van der Waals surface area contributed by atoms with Gasteiger partial charge >= 0.3 is 0 Å². The number of fused-ring (bicyclic) bond motifs is 1. The van der Waals surface area contributed by atoms with Crippen LogP contribution in [0.5, 0.6) is 0 Å². The maximum atomic E-state index is 9.66. The third-order valence-electron chi connectivity index (χ3n) is 4.67. The maximum absolute atomic E-state index is 9.66. The fourth-order valence-electron chi connectivity index (χ4n) is 3.50. The lowest BCUT2D eigenvalue weighted by Crippen LogP contribution is -2.41. The molecule has 2 atom stereocenters. The highest BCUT2D eigenvalue weighted by atomic mass is 16.5. The van der Waals surface area contributed by atoms with Crippen molar-refractivity contribution in [3.63, 3.8) is 0 Å². The van der Waals surface area contributed by atoms with Gasteiger partial charge in [-0.2, -0.15) is 0 Å². The number of hydrogen-bond donors (Lipinski definition) is 1. The van der Waals surface area contributed by atoms with Crippen molar-refractivity contribution in [3.8, 4) is 0 Å². The summed E-state index contributed by atoms with van der Waals surface area (Å²) < 4.78 is 6.04. The van der Waals surface area contributed by atoms with Gasteiger partial charge in [0.15, 0.2) is 0 Å². The number of ether oxygens (including phenoxy) is 1. The molecule has 2 aliphatic heterocycles. The number of aliphatic hydroxyl groups is 1. The minimum Gasteiger partial charge on any atom is -0.394 e. The summed E-state index contributed by atoms with van der Waals surface area (Å²) >= 11 is 0. The Bertz CT molecular complexity index is 431. The summed E-state index contributed by atoms with van der Waals surface area (Å²) in [5.74, 6) is 0. The normalized spacial score (nSPS) is 30.7. The van der Waals surface area contributed by atoms with Gasteiger partial charge in [-0.15, -0.1) is 0 Å². The molecule has 2 fully saturated rings. The number of aryl methyl sites for hydroxylation is 1. The van der Waals surface area contributed by atoms with Gasteiger partial charge in [0.2, 0.25) is 0 Å². The van der Waals surface area contributed by atoms with E-state index < -0.39 is 0 Å². The first-order valence-corrected chi connectivity index (χ1v) is 7.25. The highest BCUT2D eigenvalue weighted by Crippen LogP contribution is 2.39. The number of aliphatic hydroxyl groups excluding tert-OH is 1. The maximum Gasteiger partial charge on any atom is 0.0725 e. The van der Waals surface area contributed by atoms with Gasteiger partial charge in [0.1, 0.15) is 0 Å². The Morgan fingerprint density at radius 2 is 2.16 bits per heavy atom. The molecule has 0 unspecified atom stereocenters. The van der Waals surface area contributed by atoms with Crippen molar-refractivity contribution >= 4 is 0 Å². The predicted octanol–water partition coefficient (Wildman–Crippen LogP) is 2.11. The Kier molecular flexibility index (Phi) is 3.61. The third kappa shape index (κ3) is 2.55. The molecule has 2 saturated heterocycles. The first-order chi connectivity index (χ1) is 9.22. The van der Waals surface area contributed by atoms with Gasteiger partial charge in [-0.05, 0) is 38.3 Å². The van der Waals surface area contributed by atoms with Crippen molar-refractivity contribution in [3.05, 3.63) is 35.4 Å². The molecule has 0 aliphatic carbocycles. The molecule has 0 saturated carbocycles. The molecule has 0 amide bonds. The smallest absolute Gasteiger partial charge is 0.0725 e. The Balaban J connectivity index is 1.56. The van der Waals surface area contributed by atoms with E-state index in [1.807, 2.05) is 0 Å². The standard InChI is InChI=1S/C16H23NO2/c1-13-3-5-14(6-4-13)11-19-15-9-16(12-18)7-2-8-17(16)10-15/h3-6,15,18H,2,7-12H2,1H3/t15-,16+/m0/s1. The van der Waals surface area contributed by atoms with Crippen LogP contribution < -0.4 is 0 Å². The van der Waals surface area contributed by atoms with Gasteiger partial charge in [-0.25, -0.2) is 0 Å². The first kappa shape index (κ1) is 13.1. The van der Waals surface area contributed by atoms with Gasteiger partial charge in [0.25, 0.3) is 0 Å². The molecule has 3 rings (SSSR count). The largest absolute Gasteiger partial charge is 0.394 e. The lowest BCUT2D eigenvalue weighted by molar-refractivity contribution is 0.0437. The summed E-state index contributed by atoms with van der Waals surface area (Å²) in [4.78, 5) is 2.42. The number of rotatable bonds is 4. The number of nitrogens with zero attached hydrogens (tertiary/aromatic N) is 1. The Morgan fingerprint density at radius 3 is 2.84 bits per heavy atom. The average Bonchev–Trinajstić information content (AvgIpc) is 2.95. The molecule has 1 aromatic carbocycles. The molecule has 1 aromatic rings. The van der Waals surface area contributed by atoms with Crippen molar-refractivity contribution in [2.75, 3.05) is 19.7 Å². The average molecular weight is 261 g/mol. The predicted molar refractivity (Wildman–Crippen MR) is 75.0 cm³/mol. The van der Waals surface area contributed by atoms with E-state index in [2.05, 4.69) is 36.1 Å². The fourth-order valence-corrected chi connectivity index (χ4v) is 3.50. The Morgan fingerprint density at radius 1 is 1.37 bits per heavy atom. The quantitative estimate of drug-likeness (QED) is 0.901. The first-order valence-electron chi connectivity index (χ1n) is 7.25. The second-order valence-corrected chi connectivity index (χ2v) is 6.05. The molecular weight excluding hydrogens is 238 g/mol. The fraction of sp³-hybridized carbons (Fsp3) is 0.625. The van der Waals surface area contributed by atoms with E-state index in [0.29, 0.717) is 6.61 Å². The highest BCUT2D eigenvalue weighted by molar-refractivity contribution is 5.20. The van der Waals surface area contributed by atoms with Crippen LogP contribution in [0.1, 0.15) is 30.4 Å². The minimum atomic E-state index is 0.0257. The van der Waals surface area contributed by atoms with Crippen LogP contribution in [0.2, 0.25) is 0 Å². The molecule has 19 heavy (non-hydrogen) atoms. The van der Waals surface area contributed by atoms with Crippen molar-refractivity contribution in [1.82, 2.24) is 4.90 Å². The zero-order chi connectivity index (χ0) is 13.3. The van der Waals surface area contributed by atoms with E-state index in [0.717, 1.165) is 25.9 Å². The van der Waals surface area contributed by atoms with E-state index >= 15 is 0 Å². The molecule has 0 radical (unpaired) electrons. The van der Waals surface area contributed by atoms with Gasteiger partial charge in [-0.3, -0.25) is 4.90 Å². The second-order valence-electron chi connectivity index (χ2n) is 6.05. The van der Waals surface area contributed by atoms with Crippen molar-refractivity contribution in [2.45, 2.75) is 44.4 Å². The summed E-state index contributed by atoms with van der Waals surface area (Å²) in [6.07, 6.45) is 3.59. The van der Waals surface area contributed by atoms with Crippen molar-refractivity contribution in [1.29, 1.82) is 0 Å². The van der Waals surface area contributed by atoms with Crippen molar-refractivity contribution in [2.24, 2.45) is 0 Å². The van der Waals surface area contributed by atoms with E-state index in [9.17, 15) is 5.11 Å². The molecule has 0 spiro atoms. The Labute approximate surface area is 115 Å². The summed E-state index contributed by atoms with van der Waals surface area (Å²) in [6, 6.07) is 8.52. The van der Waals surface area contributed by atoms with Crippen LogP contribution in [0.3, 0.4) is 0 Å². The van der Waals surface area contributed by atoms with Gasteiger partial charge in [-0.1, -0.05) is 29.8 Å². The SMILES string of the molecule is Cc1ccc(CO[C@@H]2CN3CCC[C@]3(CO)C2)cc1. The molecule has 1 N–H and O–H groups in total. The zero-order valence-corrected chi connectivity index (χ0v) is 11.6. The lowest BCUT2D eigenvalue weighted by atomic mass is 9.94. The van der Waals surface area contributed by atoms with Crippen LogP contribution in [0.4, 0.5) is 0 Å². The molecule has 2 heterocycles. The van der Waals surface area contributed by atoms with E-state index in [1.54, 1.807) is 0 Å². The summed E-state index contributed by atoms with van der Waals surface area (Å²) in [5, 5.41) is 9.66.